The van der Waals surface area contributed by atoms with Crippen LogP contribution in [0, 0.1) is 6.92 Å². The van der Waals surface area contributed by atoms with Crippen LogP contribution in [0.5, 0.6) is 0 Å². The van der Waals surface area contributed by atoms with E-state index in [2.05, 4.69) is 4.98 Å². The first kappa shape index (κ1) is 12.2. The van der Waals surface area contributed by atoms with Crippen LogP contribution in [0.15, 0.2) is 42.6 Å². The van der Waals surface area contributed by atoms with Crippen molar-refractivity contribution in [2.75, 3.05) is 0 Å². The maximum atomic E-state index is 6.07. The number of pyridine rings is 1. The number of nitrogens with two attached hydrogens (primary N) is 1. The van der Waals surface area contributed by atoms with Crippen LogP contribution in [0.3, 0.4) is 0 Å². The summed E-state index contributed by atoms with van der Waals surface area (Å²) in [6, 6.07) is 11.9. The largest absolute Gasteiger partial charge is 0.325 e. The van der Waals surface area contributed by atoms with Crippen molar-refractivity contribution in [1.82, 2.24) is 9.38 Å². The highest BCUT2D eigenvalue weighted by atomic mass is 35.5. The Hall–Kier alpha value is -1.84. The average Bonchev–Trinajstić information content (AvgIpc) is 2.80. The fourth-order valence-electron chi connectivity index (χ4n) is 2.26. The first-order valence-corrected chi connectivity index (χ1v) is 6.51. The summed E-state index contributed by atoms with van der Waals surface area (Å²) in [4.78, 5) is 4.66. The second-order valence-corrected chi connectivity index (χ2v) is 4.91. The van der Waals surface area contributed by atoms with Crippen molar-refractivity contribution in [2.45, 2.75) is 13.5 Å². The van der Waals surface area contributed by atoms with Crippen LogP contribution < -0.4 is 5.73 Å². The van der Waals surface area contributed by atoms with Crippen molar-refractivity contribution in [1.29, 1.82) is 0 Å². The number of halogens is 1. The summed E-state index contributed by atoms with van der Waals surface area (Å²) in [5.74, 6) is 0. The molecule has 0 aliphatic heterocycles. The van der Waals surface area contributed by atoms with Crippen LogP contribution in [0.1, 0.15) is 11.3 Å². The van der Waals surface area contributed by atoms with Crippen molar-refractivity contribution in [3.8, 4) is 11.3 Å². The van der Waals surface area contributed by atoms with Crippen LogP contribution in [0.25, 0.3) is 16.9 Å². The monoisotopic (exact) mass is 271 g/mol. The van der Waals surface area contributed by atoms with Gasteiger partial charge in [-0.1, -0.05) is 23.7 Å². The topological polar surface area (TPSA) is 43.3 Å². The van der Waals surface area contributed by atoms with Gasteiger partial charge in [-0.3, -0.25) is 0 Å². The van der Waals surface area contributed by atoms with Gasteiger partial charge >= 0.3 is 0 Å². The Bertz CT molecular complexity index is 746. The number of aryl methyl sites for hydroxylation is 1. The van der Waals surface area contributed by atoms with Gasteiger partial charge in [-0.05, 0) is 36.8 Å². The molecular formula is C15H14ClN3. The Labute approximate surface area is 116 Å². The van der Waals surface area contributed by atoms with Gasteiger partial charge in [0.25, 0.3) is 0 Å². The van der Waals surface area contributed by atoms with Crippen molar-refractivity contribution in [3.63, 3.8) is 0 Å². The molecule has 3 rings (SSSR count). The van der Waals surface area contributed by atoms with Gasteiger partial charge in [0.15, 0.2) is 0 Å². The molecule has 4 heteroatoms. The van der Waals surface area contributed by atoms with E-state index in [0.29, 0.717) is 6.54 Å². The maximum Gasteiger partial charge on any atom is 0.137 e. The lowest BCUT2D eigenvalue weighted by Gasteiger charge is -2.04. The normalized spacial score (nSPS) is 11.1. The predicted octanol–water partition coefficient (Wildman–Crippen LogP) is 3.42. The van der Waals surface area contributed by atoms with Crippen LogP contribution in [0.2, 0.25) is 5.02 Å². The number of rotatable bonds is 2. The van der Waals surface area contributed by atoms with Gasteiger partial charge in [-0.2, -0.15) is 0 Å². The van der Waals surface area contributed by atoms with Gasteiger partial charge in [-0.15, -0.1) is 0 Å². The molecule has 96 valence electrons. The van der Waals surface area contributed by atoms with Crippen LogP contribution >= 0.6 is 11.6 Å². The summed E-state index contributed by atoms with van der Waals surface area (Å²) in [6.07, 6.45) is 1.98. The third kappa shape index (κ3) is 2.01. The molecule has 0 aliphatic carbocycles. The van der Waals surface area contributed by atoms with Crippen molar-refractivity contribution in [3.05, 3.63) is 58.9 Å². The lowest BCUT2D eigenvalue weighted by Crippen LogP contribution is -2.02. The Morgan fingerprint density at radius 3 is 2.84 bits per heavy atom. The predicted molar refractivity (Wildman–Crippen MR) is 78.3 cm³/mol. The van der Waals surface area contributed by atoms with E-state index < -0.39 is 0 Å². The Morgan fingerprint density at radius 1 is 1.26 bits per heavy atom. The summed E-state index contributed by atoms with van der Waals surface area (Å²) in [5.41, 5.74) is 10.8. The van der Waals surface area contributed by atoms with E-state index in [4.69, 9.17) is 17.3 Å². The molecule has 0 atom stereocenters. The minimum Gasteiger partial charge on any atom is -0.325 e. The molecule has 0 saturated carbocycles. The number of hydrogen-bond acceptors (Lipinski definition) is 2. The standard InChI is InChI=1S/C15H14ClN3/c1-10-8-11(5-6-12(10)16)15-13(9-17)19-7-3-2-4-14(19)18-15/h2-8H,9,17H2,1H3. The number of imidazole rings is 1. The first-order chi connectivity index (χ1) is 9.20. The highest BCUT2D eigenvalue weighted by Crippen LogP contribution is 2.27. The lowest BCUT2D eigenvalue weighted by atomic mass is 10.1. The molecule has 19 heavy (non-hydrogen) atoms. The summed E-state index contributed by atoms with van der Waals surface area (Å²) in [6.45, 7) is 2.44. The number of nitrogens with zero attached hydrogens (tertiary/aromatic N) is 2. The number of aromatic nitrogens is 2. The SMILES string of the molecule is Cc1cc(-c2nc3ccccn3c2CN)ccc1Cl. The van der Waals surface area contributed by atoms with Crippen molar-refractivity contribution < 1.29 is 0 Å². The molecule has 2 heterocycles. The quantitative estimate of drug-likeness (QED) is 0.776. The summed E-state index contributed by atoms with van der Waals surface area (Å²) in [5, 5.41) is 0.766. The van der Waals surface area contributed by atoms with Crippen molar-refractivity contribution in [2.24, 2.45) is 5.73 Å². The lowest BCUT2D eigenvalue weighted by molar-refractivity contribution is 0.962. The van der Waals surface area contributed by atoms with Gasteiger partial charge in [0.05, 0.1) is 11.4 Å². The highest BCUT2D eigenvalue weighted by Gasteiger charge is 2.12. The molecule has 3 nitrogen and oxygen atoms in total. The van der Waals surface area contributed by atoms with E-state index >= 15 is 0 Å². The minimum atomic E-state index is 0.447. The molecule has 2 aromatic heterocycles. The summed E-state index contributed by atoms with van der Waals surface area (Å²) in [7, 11) is 0. The molecule has 0 aliphatic rings. The average molecular weight is 272 g/mol. The maximum absolute atomic E-state index is 6.07. The van der Waals surface area contributed by atoms with E-state index in [-0.39, 0.29) is 0 Å². The van der Waals surface area contributed by atoms with E-state index in [0.717, 1.165) is 33.2 Å². The molecule has 0 radical (unpaired) electrons. The molecule has 0 unspecified atom stereocenters. The van der Waals surface area contributed by atoms with Gasteiger partial charge < -0.3 is 10.1 Å². The van der Waals surface area contributed by atoms with Crippen molar-refractivity contribution >= 4 is 17.2 Å². The van der Waals surface area contributed by atoms with E-state index in [9.17, 15) is 0 Å². The molecule has 0 bridgehead atoms. The molecule has 0 amide bonds. The molecule has 0 saturated heterocycles. The minimum absolute atomic E-state index is 0.447. The Morgan fingerprint density at radius 2 is 2.11 bits per heavy atom. The van der Waals surface area contributed by atoms with Gasteiger partial charge in [0, 0.05) is 23.3 Å². The zero-order chi connectivity index (χ0) is 13.4. The second kappa shape index (κ2) is 4.68. The molecule has 0 fully saturated rings. The second-order valence-electron chi connectivity index (χ2n) is 4.50. The Kier molecular flexibility index (Phi) is 3.01. The fraction of sp³-hybridized carbons (Fsp3) is 0.133. The van der Waals surface area contributed by atoms with Gasteiger partial charge in [0.1, 0.15) is 5.65 Å². The van der Waals surface area contributed by atoms with Gasteiger partial charge in [0.2, 0.25) is 0 Å². The third-order valence-corrected chi connectivity index (χ3v) is 3.68. The van der Waals surface area contributed by atoms with E-state index in [1.807, 2.05) is 53.9 Å². The zero-order valence-corrected chi connectivity index (χ0v) is 11.4. The molecule has 0 spiro atoms. The van der Waals surface area contributed by atoms with Gasteiger partial charge in [-0.25, -0.2) is 4.98 Å². The molecule has 3 aromatic rings. The van der Waals surface area contributed by atoms with Crippen LogP contribution in [-0.4, -0.2) is 9.38 Å². The zero-order valence-electron chi connectivity index (χ0n) is 10.6. The Balaban J connectivity index is 2.26. The highest BCUT2D eigenvalue weighted by molar-refractivity contribution is 6.31. The van der Waals surface area contributed by atoms with E-state index in [1.54, 1.807) is 0 Å². The molecular weight excluding hydrogens is 258 g/mol. The summed E-state index contributed by atoms with van der Waals surface area (Å²) >= 11 is 6.07. The smallest absolute Gasteiger partial charge is 0.137 e. The third-order valence-electron chi connectivity index (χ3n) is 3.25. The summed E-state index contributed by atoms with van der Waals surface area (Å²) < 4.78 is 2.03. The number of benzene rings is 1. The molecule has 2 N–H and O–H groups in total. The van der Waals surface area contributed by atoms with Crippen LogP contribution in [0.4, 0.5) is 0 Å². The van der Waals surface area contributed by atoms with Crippen LogP contribution in [-0.2, 0) is 6.54 Å². The fourth-order valence-corrected chi connectivity index (χ4v) is 2.38. The number of fused-ring (bicyclic) bond motifs is 1. The number of hydrogen-bond donors (Lipinski definition) is 1. The van der Waals surface area contributed by atoms with E-state index in [1.165, 1.54) is 0 Å². The first-order valence-electron chi connectivity index (χ1n) is 6.13. The molecule has 1 aromatic carbocycles.